The highest BCUT2D eigenvalue weighted by Gasteiger charge is 2.31. The molecule has 0 unspecified atom stereocenters. The van der Waals surface area contributed by atoms with Gasteiger partial charge in [-0.1, -0.05) is 60.1 Å². The van der Waals surface area contributed by atoms with Crippen LogP contribution in [0.4, 0.5) is 10.5 Å². The number of nitrogens with zero attached hydrogens (tertiary/aromatic N) is 1. The average molecular weight is 855 g/mol. The van der Waals surface area contributed by atoms with Crippen LogP contribution in [0.1, 0.15) is 71.7 Å². The Morgan fingerprint density at radius 1 is 0.983 bits per heavy atom. The van der Waals surface area contributed by atoms with E-state index in [2.05, 4.69) is 15.6 Å². The molecule has 0 aliphatic heterocycles. The highest BCUT2D eigenvalue weighted by atomic mass is 35.5. The van der Waals surface area contributed by atoms with Crippen LogP contribution in [0.15, 0.2) is 89.7 Å². The van der Waals surface area contributed by atoms with Gasteiger partial charge >= 0.3 is 6.09 Å². The molecule has 0 spiro atoms. The topological polar surface area (TPSA) is 190 Å². The summed E-state index contributed by atoms with van der Waals surface area (Å²) < 4.78 is 5.58. The van der Waals surface area contributed by atoms with Crippen molar-refractivity contribution in [2.45, 2.75) is 69.7 Å². The maximum Gasteiger partial charge on any atom is 0.412 e. The summed E-state index contributed by atoms with van der Waals surface area (Å²) in [6.07, 6.45) is 3.25. The van der Waals surface area contributed by atoms with E-state index in [1.165, 1.54) is 24.1 Å². The Hall–Kier alpha value is -4.82. The zero-order chi connectivity index (χ0) is 39.8. The number of nitrogens with one attached hydrogen (secondary N) is 3. The summed E-state index contributed by atoms with van der Waals surface area (Å²) >= 11 is 6.59. The third-order valence-corrected chi connectivity index (χ3v) is 10.7. The number of aromatic amines is 1. The molecule has 0 radical (unpaired) electrons. The molecular formula is C43H50Cl3N5O7. The lowest BCUT2D eigenvalue weighted by Crippen LogP contribution is -2.44. The van der Waals surface area contributed by atoms with Crippen LogP contribution in [0.3, 0.4) is 0 Å². The molecule has 5 aromatic rings. The van der Waals surface area contributed by atoms with E-state index in [4.69, 9.17) is 22.1 Å². The van der Waals surface area contributed by atoms with E-state index < -0.39 is 12.2 Å². The number of H-pyrrole nitrogens is 1. The Morgan fingerprint density at radius 2 is 1.72 bits per heavy atom. The number of aromatic nitrogens is 1. The Balaban J connectivity index is 0.00000372. The van der Waals surface area contributed by atoms with Gasteiger partial charge in [0.2, 0.25) is 5.56 Å². The Morgan fingerprint density at radius 3 is 2.43 bits per heavy atom. The van der Waals surface area contributed by atoms with Gasteiger partial charge in [0, 0.05) is 54.3 Å². The van der Waals surface area contributed by atoms with E-state index in [1.807, 2.05) is 48.5 Å². The van der Waals surface area contributed by atoms with Gasteiger partial charge in [-0.25, -0.2) is 4.79 Å². The highest BCUT2D eigenvalue weighted by molar-refractivity contribution is 6.34. The molecule has 1 heterocycles. The molecule has 12 nitrogen and oxygen atoms in total. The fourth-order valence-electron chi connectivity index (χ4n) is 7.46. The van der Waals surface area contributed by atoms with E-state index in [-0.39, 0.29) is 83.3 Å². The Bertz CT molecular complexity index is 2230. The molecule has 6 rings (SSSR count). The number of hydrogen-bond acceptors (Lipinski definition) is 8. The average Bonchev–Trinajstić information content (AvgIpc) is 3.19. The number of halogens is 3. The first-order valence-corrected chi connectivity index (χ1v) is 19.3. The third kappa shape index (κ3) is 11.0. The van der Waals surface area contributed by atoms with Crippen LogP contribution in [0.2, 0.25) is 5.02 Å². The number of amides is 2. The zero-order valence-electron chi connectivity index (χ0n) is 32.1. The minimum atomic E-state index is -0.972. The number of unbranched alkanes of at least 4 members (excludes halogenated alkanes) is 1. The first kappa shape index (κ1) is 45.9. The monoisotopic (exact) mass is 853 g/mol. The maximum atomic E-state index is 13.2. The lowest BCUT2D eigenvalue weighted by atomic mass is 9.89. The summed E-state index contributed by atoms with van der Waals surface area (Å²) in [6.45, 7) is 0.840. The van der Waals surface area contributed by atoms with E-state index >= 15 is 0 Å². The first-order chi connectivity index (χ1) is 27.0. The van der Waals surface area contributed by atoms with Crippen LogP contribution in [0.5, 0.6) is 11.5 Å². The van der Waals surface area contributed by atoms with E-state index in [0.717, 1.165) is 48.8 Å². The summed E-state index contributed by atoms with van der Waals surface area (Å²) in [5, 5.41) is 38.4. The van der Waals surface area contributed by atoms with Gasteiger partial charge in [0.15, 0.2) is 0 Å². The number of ether oxygens (including phenoxy) is 1. The smallest absolute Gasteiger partial charge is 0.412 e. The number of rotatable bonds is 15. The Labute approximate surface area is 354 Å². The second-order valence-corrected chi connectivity index (χ2v) is 14.6. The van der Waals surface area contributed by atoms with Crippen molar-refractivity contribution < 1.29 is 29.6 Å². The van der Waals surface area contributed by atoms with Crippen LogP contribution in [0, 0.1) is 0 Å². The zero-order valence-corrected chi connectivity index (χ0v) is 34.5. The number of methoxy groups -OCH3 is 1. The molecular weight excluding hydrogens is 805 g/mol. The number of aliphatic hydroxyl groups is 1. The second kappa shape index (κ2) is 21.3. The van der Waals surface area contributed by atoms with Crippen LogP contribution in [-0.2, 0) is 13.0 Å². The predicted molar refractivity (Wildman–Crippen MR) is 233 cm³/mol. The molecule has 0 saturated heterocycles. The van der Waals surface area contributed by atoms with Gasteiger partial charge in [-0.3, -0.25) is 14.5 Å². The number of carbonyl (C=O) groups is 2. The standard InChI is InChI=1S/C43H48ClN5O7.2ClH/c1-56-39-23-34(35(44)22-28(39)24-46-25-38(51)32-16-18-37(50)41-33(32)17-19-40(52)48-41)42(53)47-20-6-5-7-26-10-15-31(27-8-3-2-4-9-27)36(21-26)49(43(54)55)30-13-11-29(45)12-14-30;;/h2-4,8-10,15-19,21-23,29-30,38,46,50-51H,5-7,11-14,20,24-25,45H2,1H3,(H,47,53)(H,48,52)(H,54,55);2*1H/t29?,30?,38-;;/m1../s1. The van der Waals surface area contributed by atoms with Crippen molar-refractivity contribution in [1.82, 2.24) is 15.6 Å². The number of aliphatic hydroxyl groups excluding tert-OH is 1. The van der Waals surface area contributed by atoms with Gasteiger partial charge in [0.1, 0.15) is 11.5 Å². The van der Waals surface area contributed by atoms with Crippen molar-refractivity contribution in [3.8, 4) is 22.6 Å². The van der Waals surface area contributed by atoms with Crippen LogP contribution in [0.25, 0.3) is 22.0 Å². The van der Waals surface area contributed by atoms with Gasteiger partial charge in [0.05, 0.1) is 35.0 Å². The lowest BCUT2D eigenvalue weighted by molar-refractivity contribution is 0.0952. The number of phenolic OH excluding ortho intramolecular Hbond substituents is 1. The molecule has 58 heavy (non-hydrogen) atoms. The lowest BCUT2D eigenvalue weighted by Gasteiger charge is -2.35. The van der Waals surface area contributed by atoms with Crippen LogP contribution in [-0.4, -0.2) is 64.6 Å². The highest BCUT2D eigenvalue weighted by Crippen LogP contribution is 2.37. The number of carboxylic acid groups (broad SMARTS) is 1. The number of hydrogen-bond donors (Lipinski definition) is 7. The molecule has 1 atom stereocenters. The molecule has 2 amide bonds. The molecule has 0 bridgehead atoms. The van der Waals surface area contributed by atoms with Crippen LogP contribution < -0.4 is 31.6 Å². The number of aryl methyl sites for hydroxylation is 1. The molecule has 1 fully saturated rings. The normalized spacial score (nSPS) is 15.4. The third-order valence-electron chi connectivity index (χ3n) is 10.4. The predicted octanol–water partition coefficient (Wildman–Crippen LogP) is 7.74. The quantitative estimate of drug-likeness (QED) is 0.0517. The summed E-state index contributed by atoms with van der Waals surface area (Å²) in [5.74, 6) is 0.0331. The first-order valence-electron chi connectivity index (χ1n) is 18.9. The van der Waals surface area contributed by atoms with Gasteiger partial charge in [-0.2, -0.15) is 0 Å². The number of benzene rings is 4. The number of aromatic hydroxyl groups is 1. The number of nitrogens with two attached hydrogens (primary N) is 1. The SMILES string of the molecule is COc1cc(C(=O)NCCCCc2ccc(-c3ccccc3)c(N(C(=O)O)C3CCC(N)CC3)c2)c(Cl)cc1CNC[C@@H](O)c1ccc(O)c2[nH]c(=O)ccc12.Cl.Cl. The fourth-order valence-corrected chi connectivity index (χ4v) is 7.73. The number of phenols is 1. The number of pyridine rings is 1. The van der Waals surface area contributed by atoms with Crippen LogP contribution >= 0.6 is 36.4 Å². The van der Waals surface area contributed by atoms with Gasteiger partial charge < -0.3 is 41.4 Å². The number of fused-ring (bicyclic) bond motifs is 1. The van der Waals surface area contributed by atoms with E-state index in [1.54, 1.807) is 24.3 Å². The second-order valence-electron chi connectivity index (χ2n) is 14.2. The minimum Gasteiger partial charge on any atom is -0.506 e. The molecule has 15 heteroatoms. The van der Waals surface area contributed by atoms with Crippen molar-refractivity contribution in [2.24, 2.45) is 5.73 Å². The van der Waals surface area contributed by atoms with Crippen molar-refractivity contribution in [1.29, 1.82) is 0 Å². The van der Waals surface area contributed by atoms with E-state index in [0.29, 0.717) is 47.3 Å². The molecule has 1 aliphatic rings. The summed E-state index contributed by atoms with van der Waals surface area (Å²) in [4.78, 5) is 41.8. The fraction of sp³-hybridized carbons (Fsp3) is 0.326. The van der Waals surface area contributed by atoms with Gasteiger partial charge in [-0.05, 0) is 92.0 Å². The summed E-state index contributed by atoms with van der Waals surface area (Å²) in [7, 11) is 1.50. The summed E-state index contributed by atoms with van der Waals surface area (Å²) in [5.41, 5.74) is 11.1. The van der Waals surface area contributed by atoms with Crippen molar-refractivity contribution >= 4 is 65.0 Å². The summed E-state index contributed by atoms with van der Waals surface area (Å²) in [6, 6.07) is 25.0. The molecule has 310 valence electrons. The molecule has 1 saturated carbocycles. The molecule has 1 aliphatic carbocycles. The van der Waals surface area contributed by atoms with Crippen molar-refractivity contribution in [2.75, 3.05) is 25.1 Å². The van der Waals surface area contributed by atoms with Crippen molar-refractivity contribution in [3.63, 3.8) is 0 Å². The largest absolute Gasteiger partial charge is 0.506 e. The van der Waals surface area contributed by atoms with E-state index in [9.17, 15) is 29.7 Å². The molecule has 1 aromatic heterocycles. The minimum absolute atomic E-state index is 0. The number of anilines is 1. The van der Waals surface area contributed by atoms with Gasteiger partial charge in [0.25, 0.3) is 5.91 Å². The number of carbonyl (C=O) groups excluding carboxylic acids is 1. The molecule has 8 N–H and O–H groups in total. The maximum absolute atomic E-state index is 13.2. The van der Waals surface area contributed by atoms with Crippen molar-refractivity contribution in [3.05, 3.63) is 123 Å². The van der Waals surface area contributed by atoms with Gasteiger partial charge in [-0.15, -0.1) is 24.8 Å². The Kier molecular flexibility index (Phi) is 16.8. The molecule has 4 aromatic carbocycles.